The van der Waals surface area contributed by atoms with Gasteiger partial charge in [-0.2, -0.15) is 0 Å². The minimum atomic E-state index is -1.24. The molecule has 42 heteroatoms. The SMILES string of the molecule is O=C(O)CCCCCCCCCCCCCCCCCCC(=O)NC[C@H]1CC[C@H](C(=O)N[C@@H](CCC(=O)NCCOCCOCC(=O)NCCOCCOCC(=O)NCCCC[C@H](NC(=O)COCCOCCNC(=O)COCCOCCNC(=O)CC[C@H](NC(=O)[C@H]2CC[C@H](CNC(=O)CCCCCCCCCCCCCCCCCCC(=O)O)CC2)C(=O)O)C(=O)NCCCC[C@H](NP)C(=O)O)C(=O)O)CC1. The Bertz CT molecular complexity index is 3470. The van der Waals surface area contributed by atoms with Gasteiger partial charge in [0.25, 0.3) is 0 Å². The zero-order chi connectivity index (χ0) is 105. The Kier molecular flexibility index (Phi) is 84.1. The highest BCUT2D eigenvalue weighted by atomic mass is 31.0. The molecule has 0 radical (unpaired) electrons. The molecule has 11 amide bonds. The van der Waals surface area contributed by atoms with Crippen LogP contribution < -0.4 is 63.6 Å². The van der Waals surface area contributed by atoms with Crippen LogP contribution in [0, 0.1) is 23.7 Å². The fraction of sp³-hybridized carbons (Fsp3) is 0.843. The minimum Gasteiger partial charge on any atom is -0.481 e. The molecule has 41 nitrogen and oxygen atoms in total. The van der Waals surface area contributed by atoms with Crippen LogP contribution >= 0.6 is 9.39 Å². The second-order valence-corrected chi connectivity index (χ2v) is 38.2. The lowest BCUT2D eigenvalue weighted by Gasteiger charge is -2.28. The Balaban J connectivity index is 1.46. The normalized spacial score (nSPS) is 15.3. The Labute approximate surface area is 856 Å². The van der Waals surface area contributed by atoms with E-state index in [9.17, 15) is 92.0 Å². The van der Waals surface area contributed by atoms with Crippen LogP contribution in [0.1, 0.15) is 347 Å². The van der Waals surface area contributed by atoms with Gasteiger partial charge in [0.1, 0.15) is 50.6 Å². The van der Waals surface area contributed by atoms with Crippen molar-refractivity contribution in [3.63, 3.8) is 0 Å². The topological polar surface area (TPSA) is 592 Å². The summed E-state index contributed by atoms with van der Waals surface area (Å²) >= 11 is 0. The van der Waals surface area contributed by atoms with Gasteiger partial charge in [0, 0.05) is 103 Å². The zero-order valence-corrected chi connectivity index (χ0v) is 87.5. The summed E-state index contributed by atoms with van der Waals surface area (Å²) in [5.74, 6) is -8.71. The molecule has 0 spiro atoms. The van der Waals surface area contributed by atoms with Crippen LogP contribution in [0.25, 0.3) is 0 Å². The molecular weight excluding hydrogens is 1890 g/mol. The van der Waals surface area contributed by atoms with Gasteiger partial charge in [0.05, 0.1) is 79.3 Å². The molecule has 0 aromatic rings. The molecule has 2 aliphatic carbocycles. The molecule has 0 aliphatic heterocycles. The van der Waals surface area contributed by atoms with E-state index in [4.69, 9.17) is 48.1 Å². The van der Waals surface area contributed by atoms with E-state index in [-0.39, 0.29) is 249 Å². The van der Waals surface area contributed by atoms with Crippen molar-refractivity contribution in [1.82, 2.24) is 63.6 Å². The Morgan fingerprint density at radius 2 is 0.486 bits per heavy atom. The highest BCUT2D eigenvalue weighted by Crippen LogP contribution is 2.31. The largest absolute Gasteiger partial charge is 0.481 e. The van der Waals surface area contributed by atoms with E-state index in [0.29, 0.717) is 83.7 Å². The van der Waals surface area contributed by atoms with E-state index in [0.717, 1.165) is 103 Å². The molecule has 0 aromatic heterocycles. The molecule has 830 valence electrons. The Morgan fingerprint density at radius 1 is 0.229 bits per heavy atom. The monoisotopic (exact) mass is 2070 g/mol. The molecule has 2 fully saturated rings. The average molecular weight is 2070 g/mol. The van der Waals surface area contributed by atoms with E-state index in [1.54, 1.807) is 0 Å². The maximum Gasteiger partial charge on any atom is 0.326 e. The van der Waals surface area contributed by atoms with Crippen molar-refractivity contribution in [3.05, 3.63) is 0 Å². The standard InChI is InChI=1S/C102H183N12O29P/c115-87(39-29-25-21-17-13-9-5-1-3-7-11-15-19-23-27-31-41-95(123)124)109-73-79-43-47-81(48-44-79)97(127)112-84(100(130)131)51-53-89(117)104-57-61-136-65-70-141-76-92(120)106-59-63-138-67-69-140-75-91(119)103-55-35-33-37-83(99(129)108-56-36-34-38-86(114-144)102(134)135)111-94(122)78-143-72-68-139-64-60-107-93(121)77-142-71-66-137-62-58-105-90(118)54-52-85(101(132)133)113-98(128)82-49-45-80(46-50-82)74-110-88(116)40-30-26-22-18-14-10-6-2-4-8-12-16-20-24-28-32-42-96(125)126/h79-86,114H,1-78,144H2,(H,103,119)(H,104,117)(H,105,118)(H,106,120)(H,107,121)(H,108,129)(H,109,115)(H,110,116)(H,111,122)(H,112,127)(H,113,128)(H,123,124)(H,125,126)(H,130,131)(H,132,133)(H,134,135)/t79-,80-,81-,82-,83-,84-,85-,86-/m0/s1. The van der Waals surface area contributed by atoms with Crippen LogP contribution in [0.15, 0.2) is 0 Å². The number of carbonyl (C=O) groups is 16. The average Bonchev–Trinajstić information content (AvgIpc) is 0.871. The molecule has 0 saturated heterocycles. The number of hydrogen-bond donors (Lipinski definition) is 17. The summed E-state index contributed by atoms with van der Waals surface area (Å²) in [6, 6.07) is -4.18. The van der Waals surface area contributed by atoms with E-state index in [1.165, 1.54) is 128 Å². The third kappa shape index (κ3) is 79.8. The second kappa shape index (κ2) is 92.0. The van der Waals surface area contributed by atoms with Gasteiger partial charge in [-0.25, -0.2) is 9.59 Å². The number of unbranched alkanes of at least 4 members (excludes halogenated alkanes) is 32. The summed E-state index contributed by atoms with van der Waals surface area (Å²) < 4.78 is 43.5. The van der Waals surface area contributed by atoms with Gasteiger partial charge in [0.2, 0.25) is 65.0 Å². The van der Waals surface area contributed by atoms with Gasteiger partial charge in [-0.3, -0.25) is 72.2 Å². The van der Waals surface area contributed by atoms with E-state index in [1.807, 2.05) is 0 Å². The number of carboxylic acids is 5. The van der Waals surface area contributed by atoms with Gasteiger partial charge in [-0.1, -0.05) is 189 Å². The molecule has 2 saturated carbocycles. The number of hydrogen-bond acceptors (Lipinski definition) is 25. The third-order valence-corrected chi connectivity index (χ3v) is 26.0. The van der Waals surface area contributed by atoms with Crippen LogP contribution in [0.3, 0.4) is 0 Å². The first-order chi connectivity index (χ1) is 69.8. The van der Waals surface area contributed by atoms with Crippen molar-refractivity contribution in [2.24, 2.45) is 23.7 Å². The van der Waals surface area contributed by atoms with Crippen molar-refractivity contribution in [1.29, 1.82) is 0 Å². The summed E-state index contributed by atoms with van der Waals surface area (Å²) in [4.78, 5) is 196. The summed E-state index contributed by atoms with van der Waals surface area (Å²) in [5, 5.41) is 79.3. The second-order valence-electron chi connectivity index (χ2n) is 37.9. The van der Waals surface area contributed by atoms with Crippen LogP contribution in [0.5, 0.6) is 0 Å². The highest BCUT2D eigenvalue weighted by molar-refractivity contribution is 7.13. The molecule has 2 aliphatic rings. The minimum absolute atomic E-state index is 0.0186. The first kappa shape index (κ1) is 132. The molecule has 0 aromatic carbocycles. The zero-order valence-electron chi connectivity index (χ0n) is 86.4. The molecule has 5 atom stereocenters. The van der Waals surface area contributed by atoms with Gasteiger partial charge < -0.3 is 122 Å². The fourth-order valence-corrected chi connectivity index (χ4v) is 17.2. The third-order valence-electron chi connectivity index (χ3n) is 25.6. The number of carboxylic acid groups (broad SMARTS) is 5. The Hall–Kier alpha value is -8.41. The summed E-state index contributed by atoms with van der Waals surface area (Å²) in [6.45, 7) is 2.41. The van der Waals surface area contributed by atoms with Gasteiger partial charge in [-0.15, -0.1) is 0 Å². The molecular formula is C102H183N12O29P. The first-order valence-corrected chi connectivity index (χ1v) is 54.6. The van der Waals surface area contributed by atoms with Crippen molar-refractivity contribution < 1.29 is 140 Å². The van der Waals surface area contributed by atoms with Crippen molar-refractivity contribution in [3.8, 4) is 0 Å². The lowest BCUT2D eigenvalue weighted by molar-refractivity contribution is -0.143. The smallest absolute Gasteiger partial charge is 0.326 e. The maximum absolute atomic E-state index is 13.3. The summed E-state index contributed by atoms with van der Waals surface area (Å²) in [7, 11) is 2.18. The van der Waals surface area contributed by atoms with Crippen molar-refractivity contribution in [2.75, 3.05) is 158 Å². The molecule has 144 heavy (non-hydrogen) atoms. The van der Waals surface area contributed by atoms with Crippen LogP contribution in [0.2, 0.25) is 0 Å². The van der Waals surface area contributed by atoms with Crippen molar-refractivity contribution >= 4 is 104 Å². The molecule has 0 heterocycles. The lowest BCUT2D eigenvalue weighted by Crippen LogP contribution is -2.48. The molecule has 0 bridgehead atoms. The number of ether oxygens (including phenoxy) is 8. The predicted molar refractivity (Wildman–Crippen MR) is 545 cm³/mol. The number of nitrogens with one attached hydrogen (secondary N) is 12. The fourth-order valence-electron chi connectivity index (χ4n) is 16.9. The molecule has 1 unspecified atom stereocenters. The number of carbonyl (C=O) groups excluding carboxylic acids is 11. The lowest BCUT2D eigenvalue weighted by atomic mass is 9.81. The van der Waals surface area contributed by atoms with Crippen molar-refractivity contribution in [2.45, 2.75) is 371 Å². The highest BCUT2D eigenvalue weighted by Gasteiger charge is 2.33. The Morgan fingerprint density at radius 3 is 0.785 bits per heavy atom. The van der Waals surface area contributed by atoms with Gasteiger partial charge >= 0.3 is 29.8 Å². The summed E-state index contributed by atoms with van der Waals surface area (Å²) in [6.07, 6.45) is 45.6. The summed E-state index contributed by atoms with van der Waals surface area (Å²) in [5.41, 5.74) is 0. The number of aliphatic carboxylic acids is 5. The quantitative estimate of drug-likeness (QED) is 0.0199. The van der Waals surface area contributed by atoms with Gasteiger partial charge in [-0.05, 0) is 140 Å². The van der Waals surface area contributed by atoms with Crippen LogP contribution in [0.4, 0.5) is 0 Å². The number of rotatable bonds is 100. The predicted octanol–water partition coefficient (Wildman–Crippen LogP) is 9.23. The van der Waals surface area contributed by atoms with Gasteiger partial charge in [0.15, 0.2) is 0 Å². The van der Waals surface area contributed by atoms with Crippen LogP contribution in [-0.2, 0) is 115 Å². The molecule has 2 rings (SSSR count). The van der Waals surface area contributed by atoms with E-state index >= 15 is 0 Å². The maximum atomic E-state index is 13.3. The van der Waals surface area contributed by atoms with E-state index in [2.05, 4.69) is 73.0 Å². The molecule has 17 N–H and O–H groups in total. The number of amides is 11. The van der Waals surface area contributed by atoms with E-state index < -0.39 is 83.5 Å². The first-order valence-electron chi connectivity index (χ1n) is 54.0. The van der Waals surface area contributed by atoms with Crippen LogP contribution in [-0.4, -0.2) is 303 Å².